The summed E-state index contributed by atoms with van der Waals surface area (Å²) in [6, 6.07) is 11.7. The van der Waals surface area contributed by atoms with Gasteiger partial charge in [-0.15, -0.1) is 0 Å². The van der Waals surface area contributed by atoms with Crippen molar-refractivity contribution in [3.05, 3.63) is 42.5 Å². The van der Waals surface area contributed by atoms with E-state index in [-0.39, 0.29) is 31.1 Å². The SMILES string of the molecule is CNC(=O)Nc1ccc(NC(=O)C2CC(=O)N(c3ccc4c(c3)OCO4)C2)cc1. The molecule has 0 bridgehead atoms. The van der Waals surface area contributed by atoms with Crippen LogP contribution >= 0.6 is 0 Å². The number of urea groups is 1. The first-order valence-corrected chi connectivity index (χ1v) is 9.13. The molecule has 2 aliphatic heterocycles. The fourth-order valence-electron chi connectivity index (χ4n) is 3.26. The highest BCUT2D eigenvalue weighted by molar-refractivity contribution is 6.03. The number of nitrogens with one attached hydrogen (secondary N) is 3. The van der Waals surface area contributed by atoms with Gasteiger partial charge in [0.1, 0.15) is 0 Å². The summed E-state index contributed by atoms with van der Waals surface area (Å²) < 4.78 is 10.6. The van der Waals surface area contributed by atoms with Crippen molar-refractivity contribution in [2.24, 2.45) is 5.92 Å². The molecule has 0 spiro atoms. The number of nitrogens with zero attached hydrogens (tertiary/aromatic N) is 1. The molecule has 2 aliphatic rings. The van der Waals surface area contributed by atoms with Gasteiger partial charge in [0.25, 0.3) is 0 Å². The summed E-state index contributed by atoms with van der Waals surface area (Å²) in [6.07, 6.45) is 0.136. The van der Waals surface area contributed by atoms with E-state index in [1.54, 1.807) is 47.4 Å². The van der Waals surface area contributed by atoms with Crippen LogP contribution in [0.15, 0.2) is 42.5 Å². The summed E-state index contributed by atoms with van der Waals surface area (Å²) in [6.45, 7) is 0.454. The van der Waals surface area contributed by atoms with Crippen molar-refractivity contribution in [1.29, 1.82) is 0 Å². The number of amides is 4. The van der Waals surface area contributed by atoms with Gasteiger partial charge in [-0.2, -0.15) is 0 Å². The average Bonchev–Trinajstić information content (AvgIpc) is 3.35. The molecule has 0 aromatic heterocycles. The first-order chi connectivity index (χ1) is 14.0. The Morgan fingerprint density at radius 2 is 1.69 bits per heavy atom. The molecule has 150 valence electrons. The molecule has 9 heteroatoms. The normalized spacial score (nSPS) is 17.2. The van der Waals surface area contributed by atoms with Gasteiger partial charge in [0, 0.05) is 43.1 Å². The van der Waals surface area contributed by atoms with Crippen LogP contribution in [0.25, 0.3) is 0 Å². The predicted octanol–water partition coefficient (Wildman–Crippen LogP) is 2.16. The minimum absolute atomic E-state index is 0.117. The van der Waals surface area contributed by atoms with Gasteiger partial charge in [0.2, 0.25) is 18.6 Å². The molecular formula is C20H20N4O5. The first-order valence-electron chi connectivity index (χ1n) is 9.13. The molecule has 2 heterocycles. The Balaban J connectivity index is 1.38. The maximum atomic E-state index is 12.6. The summed E-state index contributed by atoms with van der Waals surface area (Å²) in [7, 11) is 1.53. The minimum Gasteiger partial charge on any atom is -0.454 e. The summed E-state index contributed by atoms with van der Waals surface area (Å²) in [4.78, 5) is 38.0. The molecular weight excluding hydrogens is 376 g/mol. The minimum atomic E-state index is -0.461. The molecule has 29 heavy (non-hydrogen) atoms. The molecule has 0 aliphatic carbocycles. The Kier molecular flexibility index (Phi) is 4.94. The summed E-state index contributed by atoms with van der Waals surface area (Å²) >= 11 is 0. The molecule has 1 atom stereocenters. The van der Waals surface area contributed by atoms with Crippen molar-refractivity contribution in [2.75, 3.05) is 35.9 Å². The molecule has 2 aromatic carbocycles. The standard InChI is InChI=1S/C20H20N4O5/c1-21-20(27)23-14-4-2-13(3-5-14)22-19(26)12-8-18(25)24(10-12)15-6-7-16-17(9-15)29-11-28-16/h2-7,9,12H,8,10-11H2,1H3,(H,22,26)(H2,21,23,27). The van der Waals surface area contributed by atoms with Crippen LogP contribution in [-0.2, 0) is 9.59 Å². The van der Waals surface area contributed by atoms with Crippen molar-refractivity contribution in [3.8, 4) is 11.5 Å². The second-order valence-electron chi connectivity index (χ2n) is 6.71. The topological polar surface area (TPSA) is 109 Å². The van der Waals surface area contributed by atoms with Gasteiger partial charge in [-0.1, -0.05) is 0 Å². The number of fused-ring (bicyclic) bond motifs is 1. The number of carbonyl (C=O) groups is 3. The Labute approximate surface area is 167 Å². The van der Waals surface area contributed by atoms with Gasteiger partial charge < -0.3 is 30.3 Å². The third-order valence-corrected chi connectivity index (χ3v) is 4.80. The van der Waals surface area contributed by atoms with Crippen LogP contribution in [0.4, 0.5) is 21.9 Å². The highest BCUT2D eigenvalue weighted by Gasteiger charge is 2.35. The average molecular weight is 396 g/mol. The van der Waals surface area contributed by atoms with E-state index in [1.165, 1.54) is 7.05 Å². The lowest BCUT2D eigenvalue weighted by Crippen LogP contribution is -2.28. The molecule has 1 saturated heterocycles. The van der Waals surface area contributed by atoms with Crippen LogP contribution in [-0.4, -0.2) is 38.2 Å². The largest absolute Gasteiger partial charge is 0.454 e. The Morgan fingerprint density at radius 1 is 1.00 bits per heavy atom. The van der Waals surface area contributed by atoms with Crippen LogP contribution < -0.4 is 30.3 Å². The third kappa shape index (κ3) is 3.93. The Hall–Kier alpha value is -3.75. The van der Waals surface area contributed by atoms with Crippen LogP contribution in [0.2, 0.25) is 0 Å². The van der Waals surface area contributed by atoms with Crippen LogP contribution in [0, 0.1) is 5.92 Å². The summed E-state index contributed by atoms with van der Waals surface area (Å²) in [5, 5.41) is 7.92. The monoisotopic (exact) mass is 396 g/mol. The zero-order valence-corrected chi connectivity index (χ0v) is 15.7. The van der Waals surface area contributed by atoms with Crippen LogP contribution in [0.5, 0.6) is 11.5 Å². The maximum absolute atomic E-state index is 12.6. The second-order valence-corrected chi connectivity index (χ2v) is 6.71. The van der Waals surface area contributed by atoms with E-state index in [2.05, 4.69) is 16.0 Å². The number of benzene rings is 2. The molecule has 4 rings (SSSR count). The van der Waals surface area contributed by atoms with E-state index < -0.39 is 5.92 Å². The Morgan fingerprint density at radius 3 is 2.41 bits per heavy atom. The summed E-state index contributed by atoms with van der Waals surface area (Å²) in [5.74, 6) is 0.428. The highest BCUT2D eigenvalue weighted by atomic mass is 16.7. The lowest BCUT2D eigenvalue weighted by Gasteiger charge is -2.17. The van der Waals surface area contributed by atoms with Crippen LogP contribution in [0.3, 0.4) is 0 Å². The molecule has 1 fully saturated rings. The molecule has 2 aromatic rings. The van der Waals surface area contributed by atoms with Gasteiger partial charge in [0.05, 0.1) is 5.92 Å². The summed E-state index contributed by atoms with van der Waals surface area (Å²) in [5.41, 5.74) is 1.87. The fraction of sp³-hybridized carbons (Fsp3) is 0.250. The smallest absolute Gasteiger partial charge is 0.318 e. The van der Waals surface area contributed by atoms with Crippen molar-refractivity contribution in [3.63, 3.8) is 0 Å². The molecule has 3 N–H and O–H groups in total. The van der Waals surface area contributed by atoms with E-state index >= 15 is 0 Å². The second kappa shape index (κ2) is 7.70. The molecule has 1 unspecified atom stereocenters. The van der Waals surface area contributed by atoms with E-state index in [4.69, 9.17) is 9.47 Å². The van der Waals surface area contributed by atoms with Crippen molar-refractivity contribution >= 4 is 34.9 Å². The van der Waals surface area contributed by atoms with Gasteiger partial charge in [-0.05, 0) is 36.4 Å². The van der Waals surface area contributed by atoms with E-state index in [9.17, 15) is 14.4 Å². The van der Waals surface area contributed by atoms with Gasteiger partial charge in [-0.3, -0.25) is 9.59 Å². The van der Waals surface area contributed by atoms with Gasteiger partial charge in [-0.25, -0.2) is 4.79 Å². The van der Waals surface area contributed by atoms with E-state index in [0.717, 1.165) is 0 Å². The lowest BCUT2D eigenvalue weighted by molar-refractivity contribution is -0.122. The third-order valence-electron chi connectivity index (χ3n) is 4.80. The van der Waals surface area contributed by atoms with Gasteiger partial charge in [0.15, 0.2) is 11.5 Å². The predicted molar refractivity (Wildman–Crippen MR) is 106 cm³/mol. The lowest BCUT2D eigenvalue weighted by atomic mass is 10.1. The first kappa shape index (κ1) is 18.6. The highest BCUT2D eigenvalue weighted by Crippen LogP contribution is 2.37. The molecule has 0 saturated carbocycles. The van der Waals surface area contributed by atoms with Crippen molar-refractivity contribution in [1.82, 2.24) is 5.32 Å². The van der Waals surface area contributed by atoms with Crippen LogP contribution in [0.1, 0.15) is 6.42 Å². The van der Waals surface area contributed by atoms with Gasteiger partial charge >= 0.3 is 6.03 Å². The molecule has 0 radical (unpaired) electrons. The van der Waals surface area contributed by atoms with Crippen molar-refractivity contribution in [2.45, 2.75) is 6.42 Å². The zero-order valence-electron chi connectivity index (χ0n) is 15.7. The maximum Gasteiger partial charge on any atom is 0.318 e. The zero-order chi connectivity index (χ0) is 20.4. The Bertz CT molecular complexity index is 960. The quantitative estimate of drug-likeness (QED) is 0.734. The number of ether oxygens (including phenoxy) is 2. The number of hydrogen-bond donors (Lipinski definition) is 3. The molecule has 4 amide bonds. The molecule has 9 nitrogen and oxygen atoms in total. The number of hydrogen-bond acceptors (Lipinski definition) is 5. The number of carbonyl (C=O) groups excluding carboxylic acids is 3. The fourth-order valence-corrected chi connectivity index (χ4v) is 3.26. The number of rotatable bonds is 4. The number of anilines is 3. The van der Waals surface area contributed by atoms with E-state index in [1.807, 2.05) is 0 Å². The van der Waals surface area contributed by atoms with Crippen molar-refractivity contribution < 1.29 is 23.9 Å². The van der Waals surface area contributed by atoms with E-state index in [0.29, 0.717) is 35.1 Å².